The van der Waals surface area contributed by atoms with Crippen molar-refractivity contribution in [2.24, 2.45) is 0 Å². The summed E-state index contributed by atoms with van der Waals surface area (Å²) in [7, 11) is 0. The number of nitrogens with zero attached hydrogens (tertiary/aromatic N) is 2. The second-order valence-electron chi connectivity index (χ2n) is 7.01. The summed E-state index contributed by atoms with van der Waals surface area (Å²) in [5.41, 5.74) is 0. The first-order chi connectivity index (χ1) is 10.8. The van der Waals surface area contributed by atoms with E-state index in [0.29, 0.717) is 12.1 Å². The number of rotatable bonds is 4. The van der Waals surface area contributed by atoms with E-state index in [1.807, 2.05) is 11.8 Å². The minimum atomic E-state index is 0.133. The number of urea groups is 1. The van der Waals surface area contributed by atoms with Gasteiger partial charge in [-0.3, -0.25) is 4.90 Å². The second kappa shape index (κ2) is 7.64. The molecule has 5 nitrogen and oxygen atoms in total. The Hall–Kier alpha value is -0.810. The third kappa shape index (κ3) is 3.93. The summed E-state index contributed by atoms with van der Waals surface area (Å²) in [5, 5.41) is 3.25. The number of piperidine rings is 1. The lowest BCUT2D eigenvalue weighted by Crippen LogP contribution is -2.49. The van der Waals surface area contributed by atoms with Crippen LogP contribution in [0.25, 0.3) is 0 Å². The van der Waals surface area contributed by atoms with Crippen LogP contribution < -0.4 is 5.32 Å². The van der Waals surface area contributed by atoms with Crippen LogP contribution in [0.2, 0.25) is 0 Å². The van der Waals surface area contributed by atoms with Crippen molar-refractivity contribution in [3.8, 4) is 0 Å². The lowest BCUT2D eigenvalue weighted by molar-refractivity contribution is 0.0218. The zero-order valence-corrected chi connectivity index (χ0v) is 13.9. The first kappa shape index (κ1) is 16.1. The molecule has 2 amide bonds. The average Bonchev–Trinajstić information content (AvgIpc) is 3.19. The number of likely N-dealkylation sites (tertiary alicyclic amines) is 2. The number of carbonyl (C=O) groups excluding carboxylic acids is 1. The molecular weight excluding hydrogens is 278 g/mol. The predicted molar refractivity (Wildman–Crippen MR) is 87.0 cm³/mol. The van der Waals surface area contributed by atoms with E-state index in [2.05, 4.69) is 10.2 Å². The summed E-state index contributed by atoms with van der Waals surface area (Å²) in [5.74, 6) is 0. The van der Waals surface area contributed by atoms with Gasteiger partial charge in [0.2, 0.25) is 0 Å². The normalized spacial score (nSPS) is 28.4. The van der Waals surface area contributed by atoms with Crippen molar-refractivity contribution in [1.82, 2.24) is 15.1 Å². The minimum Gasteiger partial charge on any atom is -0.378 e. The Bertz CT molecular complexity index is 363. The van der Waals surface area contributed by atoms with Gasteiger partial charge >= 0.3 is 6.03 Å². The first-order valence-corrected chi connectivity index (χ1v) is 9.17. The molecule has 1 atom stereocenters. The molecule has 0 aromatic carbocycles. The van der Waals surface area contributed by atoms with Gasteiger partial charge in [-0.15, -0.1) is 0 Å². The lowest BCUT2D eigenvalue weighted by Gasteiger charge is -2.32. The minimum absolute atomic E-state index is 0.133. The van der Waals surface area contributed by atoms with Crippen LogP contribution >= 0.6 is 0 Å². The average molecular weight is 309 g/mol. The van der Waals surface area contributed by atoms with Crippen LogP contribution in [0, 0.1) is 0 Å². The highest BCUT2D eigenvalue weighted by Gasteiger charge is 2.32. The fourth-order valence-corrected chi connectivity index (χ4v) is 4.23. The molecule has 0 unspecified atom stereocenters. The van der Waals surface area contributed by atoms with E-state index in [4.69, 9.17) is 4.74 Å². The van der Waals surface area contributed by atoms with E-state index in [1.165, 1.54) is 25.7 Å². The lowest BCUT2D eigenvalue weighted by atomic mass is 10.1. The highest BCUT2D eigenvalue weighted by atomic mass is 16.5. The number of hydrogen-bond acceptors (Lipinski definition) is 3. The molecule has 0 aromatic rings. The van der Waals surface area contributed by atoms with E-state index in [0.717, 1.165) is 58.1 Å². The number of carbonyl (C=O) groups is 1. The van der Waals surface area contributed by atoms with E-state index < -0.39 is 0 Å². The third-order valence-corrected chi connectivity index (χ3v) is 5.52. The molecule has 0 spiro atoms. The summed E-state index contributed by atoms with van der Waals surface area (Å²) in [4.78, 5) is 17.0. The van der Waals surface area contributed by atoms with Crippen molar-refractivity contribution in [3.63, 3.8) is 0 Å². The molecule has 0 radical (unpaired) electrons. The van der Waals surface area contributed by atoms with Crippen molar-refractivity contribution >= 4 is 6.03 Å². The van der Waals surface area contributed by atoms with Crippen LogP contribution in [0.1, 0.15) is 51.9 Å². The van der Waals surface area contributed by atoms with E-state index in [1.54, 1.807) is 0 Å². The standard InChI is InChI=1S/C17H31N3O2/c1-2-22-16-8-11-19(12-9-16)17(21)18-14-7-10-20(13-14)15-5-3-4-6-15/h14-16H,2-13H2,1H3,(H,18,21)/t14-/m1/s1. The Morgan fingerprint density at radius 1 is 1.09 bits per heavy atom. The molecule has 2 heterocycles. The third-order valence-electron chi connectivity index (χ3n) is 5.52. The van der Waals surface area contributed by atoms with E-state index >= 15 is 0 Å². The molecule has 2 aliphatic heterocycles. The van der Waals surface area contributed by atoms with Crippen LogP contribution in [0.3, 0.4) is 0 Å². The van der Waals surface area contributed by atoms with Gasteiger partial charge in [0.05, 0.1) is 6.10 Å². The van der Waals surface area contributed by atoms with Crippen molar-refractivity contribution in [2.75, 3.05) is 32.8 Å². The fourth-order valence-electron chi connectivity index (χ4n) is 4.23. The van der Waals surface area contributed by atoms with Gasteiger partial charge in [0.1, 0.15) is 0 Å². The van der Waals surface area contributed by atoms with Gasteiger partial charge in [0, 0.05) is 44.9 Å². The quantitative estimate of drug-likeness (QED) is 0.866. The van der Waals surface area contributed by atoms with Gasteiger partial charge < -0.3 is 15.0 Å². The zero-order valence-electron chi connectivity index (χ0n) is 13.9. The van der Waals surface area contributed by atoms with Gasteiger partial charge in [0.25, 0.3) is 0 Å². The summed E-state index contributed by atoms with van der Waals surface area (Å²) in [6, 6.07) is 1.26. The highest BCUT2D eigenvalue weighted by Crippen LogP contribution is 2.26. The van der Waals surface area contributed by atoms with Crippen molar-refractivity contribution < 1.29 is 9.53 Å². The molecule has 0 aromatic heterocycles. The predicted octanol–water partition coefficient (Wildman–Crippen LogP) is 2.21. The molecule has 0 bridgehead atoms. The topological polar surface area (TPSA) is 44.8 Å². The molecule has 3 fully saturated rings. The number of hydrogen-bond donors (Lipinski definition) is 1. The summed E-state index contributed by atoms with van der Waals surface area (Å²) in [6.07, 6.45) is 8.87. The molecular formula is C17H31N3O2. The highest BCUT2D eigenvalue weighted by molar-refractivity contribution is 5.74. The maximum absolute atomic E-state index is 12.4. The monoisotopic (exact) mass is 309 g/mol. The molecule has 22 heavy (non-hydrogen) atoms. The van der Waals surface area contributed by atoms with Gasteiger partial charge in [-0.05, 0) is 39.0 Å². The maximum Gasteiger partial charge on any atom is 0.317 e. The summed E-state index contributed by atoms with van der Waals surface area (Å²) in [6.45, 7) is 6.67. The molecule has 3 rings (SSSR count). The van der Waals surface area contributed by atoms with E-state index in [9.17, 15) is 4.79 Å². The van der Waals surface area contributed by atoms with Gasteiger partial charge in [-0.2, -0.15) is 0 Å². The van der Waals surface area contributed by atoms with Gasteiger partial charge in [0.15, 0.2) is 0 Å². The maximum atomic E-state index is 12.4. The second-order valence-corrected chi connectivity index (χ2v) is 7.01. The molecule has 2 saturated heterocycles. The SMILES string of the molecule is CCOC1CCN(C(=O)N[C@@H]2CCN(C3CCCC3)C2)CC1. The van der Waals surface area contributed by atoms with Crippen LogP contribution in [0.15, 0.2) is 0 Å². The van der Waals surface area contributed by atoms with Crippen molar-refractivity contribution in [1.29, 1.82) is 0 Å². The Morgan fingerprint density at radius 2 is 1.82 bits per heavy atom. The Balaban J connectivity index is 1.39. The summed E-state index contributed by atoms with van der Waals surface area (Å²) < 4.78 is 5.65. The Kier molecular flexibility index (Phi) is 5.58. The molecule has 3 aliphatic rings. The van der Waals surface area contributed by atoms with Crippen molar-refractivity contribution in [2.45, 2.75) is 70.1 Å². The number of nitrogens with one attached hydrogen (secondary N) is 1. The largest absolute Gasteiger partial charge is 0.378 e. The first-order valence-electron chi connectivity index (χ1n) is 9.17. The molecule has 1 aliphatic carbocycles. The fraction of sp³-hybridized carbons (Fsp3) is 0.941. The van der Waals surface area contributed by atoms with Crippen LogP contribution in [0.5, 0.6) is 0 Å². The zero-order chi connectivity index (χ0) is 15.4. The number of ether oxygens (including phenoxy) is 1. The van der Waals surface area contributed by atoms with Crippen molar-refractivity contribution in [3.05, 3.63) is 0 Å². The molecule has 5 heteroatoms. The van der Waals surface area contributed by atoms with Crippen LogP contribution in [-0.4, -0.2) is 66.8 Å². The smallest absolute Gasteiger partial charge is 0.317 e. The van der Waals surface area contributed by atoms with Gasteiger partial charge in [-0.1, -0.05) is 12.8 Å². The van der Waals surface area contributed by atoms with E-state index in [-0.39, 0.29) is 6.03 Å². The Morgan fingerprint density at radius 3 is 2.50 bits per heavy atom. The molecule has 1 N–H and O–H groups in total. The van der Waals surface area contributed by atoms with Crippen LogP contribution in [-0.2, 0) is 4.74 Å². The van der Waals surface area contributed by atoms with Crippen LogP contribution in [0.4, 0.5) is 4.79 Å². The number of amides is 2. The van der Waals surface area contributed by atoms with Gasteiger partial charge in [-0.25, -0.2) is 4.79 Å². The molecule has 126 valence electrons. The summed E-state index contributed by atoms with van der Waals surface area (Å²) >= 11 is 0. The molecule has 1 saturated carbocycles. The Labute approximate surface area is 134 Å².